The molecule has 0 unspecified atom stereocenters. The van der Waals surface area contributed by atoms with Crippen LogP contribution in [0.25, 0.3) is 0 Å². The molecule has 0 aromatic heterocycles. The van der Waals surface area contributed by atoms with Crippen molar-refractivity contribution in [3.8, 4) is 0 Å². The van der Waals surface area contributed by atoms with Crippen LogP contribution in [0, 0.1) is 0 Å². The van der Waals surface area contributed by atoms with E-state index in [0.29, 0.717) is 19.5 Å². The minimum absolute atomic E-state index is 0.0818. The van der Waals surface area contributed by atoms with Crippen LogP contribution in [0.3, 0.4) is 0 Å². The zero-order chi connectivity index (χ0) is 15.2. The number of anilines is 1. The number of nitrogens with zero attached hydrogens (tertiary/aromatic N) is 2. The summed E-state index contributed by atoms with van der Waals surface area (Å²) in [5.74, 6) is 0.101. The van der Waals surface area contributed by atoms with Crippen molar-refractivity contribution in [3.05, 3.63) is 29.8 Å². The van der Waals surface area contributed by atoms with Crippen LogP contribution in [0.15, 0.2) is 24.3 Å². The number of benzene rings is 1. The van der Waals surface area contributed by atoms with E-state index in [9.17, 15) is 9.59 Å². The topological polar surface area (TPSA) is 52.7 Å². The number of fused-ring (bicyclic) bond motifs is 2. The Hall–Kier alpha value is -2.04. The van der Waals surface area contributed by atoms with Gasteiger partial charge in [0, 0.05) is 31.9 Å². The van der Waals surface area contributed by atoms with Crippen LogP contribution in [0.1, 0.15) is 25.8 Å². The monoisotopic (exact) mass is 287 g/mol. The number of hydrogen-bond donors (Lipinski definition) is 1. The molecule has 112 valence electrons. The number of amides is 3. The van der Waals surface area contributed by atoms with Crippen molar-refractivity contribution in [2.24, 2.45) is 0 Å². The van der Waals surface area contributed by atoms with Crippen molar-refractivity contribution in [2.75, 3.05) is 25.0 Å². The zero-order valence-corrected chi connectivity index (χ0v) is 12.7. The van der Waals surface area contributed by atoms with Crippen molar-refractivity contribution in [3.63, 3.8) is 0 Å². The van der Waals surface area contributed by atoms with Gasteiger partial charge in [0.25, 0.3) is 0 Å². The predicted octanol–water partition coefficient (Wildman–Crippen LogP) is 1.72. The number of para-hydroxylation sites is 1. The maximum absolute atomic E-state index is 12.7. The first-order valence-electron chi connectivity index (χ1n) is 7.39. The average Bonchev–Trinajstić information content (AvgIpc) is 2.98. The first-order chi connectivity index (χ1) is 9.95. The van der Waals surface area contributed by atoms with Gasteiger partial charge in [-0.05, 0) is 31.9 Å². The summed E-state index contributed by atoms with van der Waals surface area (Å²) in [6, 6.07) is 7.91. The molecule has 1 atom stereocenters. The number of likely N-dealkylation sites (tertiary alicyclic amines) is 1. The van der Waals surface area contributed by atoms with E-state index in [1.165, 1.54) is 0 Å². The fraction of sp³-hybridized carbons (Fsp3) is 0.500. The molecule has 3 rings (SSSR count). The summed E-state index contributed by atoms with van der Waals surface area (Å²) >= 11 is 0. The Morgan fingerprint density at radius 1 is 1.33 bits per heavy atom. The second kappa shape index (κ2) is 4.76. The van der Waals surface area contributed by atoms with Gasteiger partial charge < -0.3 is 15.1 Å². The minimum atomic E-state index is -0.556. The van der Waals surface area contributed by atoms with Crippen LogP contribution in [0.2, 0.25) is 0 Å². The van der Waals surface area contributed by atoms with Crippen LogP contribution >= 0.6 is 0 Å². The number of hydrogen-bond acceptors (Lipinski definition) is 2. The highest BCUT2D eigenvalue weighted by molar-refractivity contribution is 6.08. The Bertz CT molecular complexity index is 599. The highest BCUT2D eigenvalue weighted by atomic mass is 16.2. The van der Waals surface area contributed by atoms with Crippen LogP contribution in [0.4, 0.5) is 10.5 Å². The summed E-state index contributed by atoms with van der Waals surface area (Å²) in [4.78, 5) is 28.4. The maximum Gasteiger partial charge on any atom is 0.317 e. The summed E-state index contributed by atoms with van der Waals surface area (Å²) in [5, 5.41) is 2.90. The molecule has 1 saturated heterocycles. The van der Waals surface area contributed by atoms with Crippen LogP contribution in [0.5, 0.6) is 0 Å². The molecule has 3 amide bonds. The number of rotatable bonds is 1. The smallest absolute Gasteiger partial charge is 0.317 e. The van der Waals surface area contributed by atoms with Gasteiger partial charge in [-0.25, -0.2) is 4.79 Å². The molecule has 1 N–H and O–H groups in total. The second-order valence-electron chi connectivity index (χ2n) is 6.24. The summed E-state index contributed by atoms with van der Waals surface area (Å²) in [5.41, 5.74) is 1.46. The quantitative estimate of drug-likeness (QED) is 0.855. The first kappa shape index (κ1) is 13.9. The number of likely N-dealkylation sites (N-methyl/N-ethyl adjacent to an activating group) is 1. The van der Waals surface area contributed by atoms with Gasteiger partial charge in [0.05, 0.1) is 5.41 Å². The zero-order valence-electron chi connectivity index (χ0n) is 12.7. The number of carbonyl (C=O) groups excluding carboxylic acids is 2. The lowest BCUT2D eigenvalue weighted by Crippen LogP contribution is -2.45. The van der Waals surface area contributed by atoms with Gasteiger partial charge >= 0.3 is 6.03 Å². The van der Waals surface area contributed by atoms with E-state index in [1.807, 2.05) is 45.2 Å². The molecule has 2 aliphatic rings. The van der Waals surface area contributed by atoms with Gasteiger partial charge in [-0.1, -0.05) is 18.2 Å². The molecule has 1 spiro atoms. The third kappa shape index (κ3) is 1.99. The number of carbonyl (C=O) groups is 2. The Balaban J connectivity index is 1.90. The molecular formula is C16H21N3O2. The lowest BCUT2D eigenvalue weighted by Gasteiger charge is -2.24. The molecule has 5 heteroatoms. The molecule has 0 aliphatic carbocycles. The van der Waals surface area contributed by atoms with E-state index in [2.05, 4.69) is 5.32 Å². The molecule has 5 nitrogen and oxygen atoms in total. The standard InChI is InChI=1S/C16H21N3O2/c1-11(2)17-15(21)19-9-8-16(10-19)12-6-4-5-7-13(12)18(3)14(16)20/h4-7,11H,8-10H2,1-3H3,(H,17,21)/t16-/m1/s1. The van der Waals surface area contributed by atoms with E-state index in [0.717, 1.165) is 11.3 Å². The molecule has 0 saturated carbocycles. The molecule has 1 fully saturated rings. The second-order valence-corrected chi connectivity index (χ2v) is 6.24. The van der Waals surface area contributed by atoms with Crippen molar-refractivity contribution < 1.29 is 9.59 Å². The first-order valence-corrected chi connectivity index (χ1v) is 7.39. The van der Waals surface area contributed by atoms with Gasteiger partial charge in [0.15, 0.2) is 0 Å². The molecule has 0 radical (unpaired) electrons. The molecule has 1 aromatic carbocycles. The molecule has 1 aromatic rings. The number of nitrogens with one attached hydrogen (secondary N) is 1. The van der Waals surface area contributed by atoms with Crippen molar-refractivity contribution in [2.45, 2.75) is 31.7 Å². The summed E-state index contributed by atoms with van der Waals surface area (Å²) in [7, 11) is 1.81. The Kier molecular flexibility index (Phi) is 3.15. The average molecular weight is 287 g/mol. The summed E-state index contributed by atoms with van der Waals surface area (Å²) < 4.78 is 0. The number of urea groups is 1. The maximum atomic E-state index is 12.7. The molecule has 2 heterocycles. The van der Waals surface area contributed by atoms with E-state index >= 15 is 0 Å². The summed E-state index contributed by atoms with van der Waals surface area (Å²) in [6.45, 7) is 4.96. The van der Waals surface area contributed by atoms with Gasteiger partial charge in [-0.15, -0.1) is 0 Å². The Morgan fingerprint density at radius 2 is 2.05 bits per heavy atom. The normalized spacial score (nSPS) is 24.1. The highest BCUT2D eigenvalue weighted by Gasteiger charge is 2.54. The summed E-state index contributed by atoms with van der Waals surface area (Å²) in [6.07, 6.45) is 0.693. The Labute approximate surface area is 124 Å². The van der Waals surface area contributed by atoms with Crippen molar-refractivity contribution in [1.29, 1.82) is 0 Å². The fourth-order valence-corrected chi connectivity index (χ4v) is 3.43. The van der Waals surface area contributed by atoms with Gasteiger partial charge in [-0.3, -0.25) is 4.79 Å². The fourth-order valence-electron chi connectivity index (χ4n) is 3.43. The molecule has 2 aliphatic heterocycles. The largest absolute Gasteiger partial charge is 0.336 e. The van der Waals surface area contributed by atoms with Gasteiger partial charge in [0.1, 0.15) is 0 Å². The van der Waals surface area contributed by atoms with Gasteiger partial charge in [-0.2, -0.15) is 0 Å². The van der Waals surface area contributed by atoms with Crippen molar-refractivity contribution >= 4 is 17.6 Å². The van der Waals surface area contributed by atoms with Crippen LogP contribution in [-0.2, 0) is 10.2 Å². The van der Waals surface area contributed by atoms with Crippen molar-refractivity contribution in [1.82, 2.24) is 10.2 Å². The molecule has 21 heavy (non-hydrogen) atoms. The predicted molar refractivity (Wildman–Crippen MR) is 81.4 cm³/mol. The van der Waals surface area contributed by atoms with E-state index in [4.69, 9.17) is 0 Å². The van der Waals surface area contributed by atoms with E-state index in [1.54, 1.807) is 9.80 Å². The molecular weight excluding hydrogens is 266 g/mol. The minimum Gasteiger partial charge on any atom is -0.336 e. The molecule has 0 bridgehead atoms. The Morgan fingerprint density at radius 3 is 2.76 bits per heavy atom. The van der Waals surface area contributed by atoms with Crippen LogP contribution in [-0.4, -0.2) is 43.0 Å². The lowest BCUT2D eigenvalue weighted by molar-refractivity contribution is -0.122. The van der Waals surface area contributed by atoms with Gasteiger partial charge in [0.2, 0.25) is 5.91 Å². The lowest BCUT2D eigenvalue weighted by atomic mass is 9.81. The third-order valence-electron chi connectivity index (χ3n) is 4.46. The van der Waals surface area contributed by atoms with E-state index < -0.39 is 5.41 Å². The highest BCUT2D eigenvalue weighted by Crippen LogP contribution is 2.46. The van der Waals surface area contributed by atoms with Crippen LogP contribution < -0.4 is 10.2 Å². The van der Waals surface area contributed by atoms with E-state index in [-0.39, 0.29) is 18.0 Å². The SMILES string of the molecule is CC(C)NC(=O)N1CC[C@]2(C1)C(=O)N(C)c1ccccc12. The third-order valence-corrected chi connectivity index (χ3v) is 4.46.